The predicted octanol–water partition coefficient (Wildman–Crippen LogP) is 4.90. The number of piperidine rings is 1. The minimum Gasteiger partial charge on any atom is -0.348 e. The van der Waals surface area contributed by atoms with Crippen LogP contribution in [0.3, 0.4) is 0 Å². The van der Waals surface area contributed by atoms with E-state index >= 15 is 0 Å². The number of aromatic nitrogens is 4. The Hall–Kier alpha value is -2.03. The van der Waals surface area contributed by atoms with Gasteiger partial charge in [0.15, 0.2) is 16.1 Å². The van der Waals surface area contributed by atoms with Crippen molar-refractivity contribution in [1.29, 1.82) is 0 Å². The van der Waals surface area contributed by atoms with Crippen LogP contribution in [0.4, 0.5) is 5.13 Å². The lowest BCUT2D eigenvalue weighted by atomic mass is 10.1. The molecule has 1 aromatic carbocycles. The van der Waals surface area contributed by atoms with Gasteiger partial charge >= 0.3 is 0 Å². The van der Waals surface area contributed by atoms with E-state index in [1.54, 1.807) is 22.2 Å². The third-order valence-electron chi connectivity index (χ3n) is 4.55. The van der Waals surface area contributed by atoms with E-state index in [-0.39, 0.29) is 0 Å². The molecule has 0 spiro atoms. The van der Waals surface area contributed by atoms with Gasteiger partial charge in [-0.15, -0.1) is 0 Å². The molecule has 9 heteroatoms. The highest BCUT2D eigenvalue weighted by molar-refractivity contribution is 7.71. The van der Waals surface area contributed by atoms with Gasteiger partial charge in [0.05, 0.1) is 11.1 Å². The fourth-order valence-corrected chi connectivity index (χ4v) is 4.46. The van der Waals surface area contributed by atoms with Crippen molar-refractivity contribution in [1.82, 2.24) is 19.9 Å². The zero-order valence-electron chi connectivity index (χ0n) is 14.9. The maximum atomic E-state index is 6.35. The Bertz CT molecular complexity index is 1030. The van der Waals surface area contributed by atoms with Crippen LogP contribution in [0.1, 0.15) is 29.7 Å². The maximum absolute atomic E-state index is 6.35. The van der Waals surface area contributed by atoms with Crippen molar-refractivity contribution < 1.29 is 0 Å². The fourth-order valence-electron chi connectivity index (χ4n) is 3.11. The van der Waals surface area contributed by atoms with E-state index < -0.39 is 0 Å². The summed E-state index contributed by atoms with van der Waals surface area (Å²) in [4.78, 5) is 7.62. The number of halogens is 1. The molecule has 27 heavy (non-hydrogen) atoms. The van der Waals surface area contributed by atoms with Gasteiger partial charge in [0.2, 0.25) is 4.77 Å². The monoisotopic (exact) mass is 418 g/mol. The first-order chi connectivity index (χ1) is 13.1. The number of aromatic amines is 1. The molecular weight excluding hydrogens is 400 g/mol. The Balaban J connectivity index is 1.65. The van der Waals surface area contributed by atoms with Crippen LogP contribution in [-0.2, 0) is 0 Å². The van der Waals surface area contributed by atoms with E-state index in [1.165, 1.54) is 19.3 Å². The van der Waals surface area contributed by atoms with Gasteiger partial charge in [0.25, 0.3) is 0 Å². The standard InChI is InChI=1S/C18H19ClN6S2/c1-12-7-3-4-8-13(12)16-22-23-17(26)25(16)20-11-14-15(19)21-18(27-14)24-9-5-2-6-10-24/h3-4,7-8,11H,2,5-6,9-10H2,1H3,(H,23,26)/b20-11-. The molecule has 0 saturated carbocycles. The highest BCUT2D eigenvalue weighted by atomic mass is 35.5. The van der Waals surface area contributed by atoms with Crippen molar-refractivity contribution in [2.24, 2.45) is 5.10 Å². The van der Waals surface area contributed by atoms with Crippen molar-refractivity contribution in [2.75, 3.05) is 18.0 Å². The molecule has 3 aromatic rings. The Morgan fingerprint density at radius 3 is 2.81 bits per heavy atom. The van der Waals surface area contributed by atoms with Gasteiger partial charge in [-0.1, -0.05) is 47.2 Å². The van der Waals surface area contributed by atoms with E-state index in [0.29, 0.717) is 15.7 Å². The molecule has 2 aromatic heterocycles. The Morgan fingerprint density at radius 1 is 1.26 bits per heavy atom. The third-order valence-corrected chi connectivity index (χ3v) is 6.27. The van der Waals surface area contributed by atoms with Gasteiger partial charge < -0.3 is 4.90 Å². The summed E-state index contributed by atoms with van der Waals surface area (Å²) < 4.78 is 2.05. The average molecular weight is 419 g/mol. The van der Waals surface area contributed by atoms with E-state index in [9.17, 15) is 0 Å². The van der Waals surface area contributed by atoms with E-state index in [2.05, 4.69) is 25.2 Å². The van der Waals surface area contributed by atoms with Gasteiger partial charge in [-0.05, 0) is 44.0 Å². The van der Waals surface area contributed by atoms with E-state index in [4.69, 9.17) is 23.8 Å². The number of anilines is 1. The van der Waals surface area contributed by atoms with E-state index in [0.717, 1.165) is 34.2 Å². The Kier molecular flexibility index (Phi) is 5.38. The van der Waals surface area contributed by atoms with Crippen LogP contribution in [0.5, 0.6) is 0 Å². The number of aryl methyl sites for hydroxylation is 1. The van der Waals surface area contributed by atoms with Crippen LogP contribution in [0.15, 0.2) is 29.4 Å². The predicted molar refractivity (Wildman–Crippen MR) is 114 cm³/mol. The third kappa shape index (κ3) is 3.83. The average Bonchev–Trinajstić information content (AvgIpc) is 3.24. The highest BCUT2D eigenvalue weighted by Crippen LogP contribution is 2.30. The molecule has 0 unspecified atom stereocenters. The summed E-state index contributed by atoms with van der Waals surface area (Å²) in [5, 5.41) is 13.1. The number of hydrogen-bond acceptors (Lipinski definition) is 6. The zero-order chi connectivity index (χ0) is 18.8. The molecule has 6 nitrogen and oxygen atoms in total. The normalized spacial score (nSPS) is 15.0. The molecule has 0 aliphatic carbocycles. The van der Waals surface area contributed by atoms with Crippen LogP contribution < -0.4 is 4.90 Å². The number of rotatable bonds is 4. The molecular formula is C18H19ClN6S2. The molecule has 1 aliphatic rings. The summed E-state index contributed by atoms with van der Waals surface area (Å²) in [7, 11) is 0. The zero-order valence-corrected chi connectivity index (χ0v) is 17.2. The summed E-state index contributed by atoms with van der Waals surface area (Å²) >= 11 is 13.3. The summed E-state index contributed by atoms with van der Waals surface area (Å²) in [5.74, 6) is 0.672. The largest absolute Gasteiger partial charge is 0.348 e. The first-order valence-corrected chi connectivity index (χ1v) is 10.4. The van der Waals surface area contributed by atoms with Gasteiger partial charge in [-0.2, -0.15) is 14.9 Å². The van der Waals surface area contributed by atoms with Gasteiger partial charge in [-0.25, -0.2) is 10.1 Å². The Labute approximate surface area is 171 Å². The minimum absolute atomic E-state index is 0.432. The number of hydrogen-bond donors (Lipinski definition) is 1. The summed E-state index contributed by atoms with van der Waals surface area (Å²) in [6.45, 7) is 4.10. The molecule has 0 atom stereocenters. The van der Waals surface area contributed by atoms with Crippen molar-refractivity contribution in [3.63, 3.8) is 0 Å². The summed E-state index contributed by atoms with van der Waals surface area (Å²) in [6, 6.07) is 8.00. The molecule has 0 bridgehead atoms. The first kappa shape index (κ1) is 18.3. The smallest absolute Gasteiger partial charge is 0.216 e. The number of nitrogens with zero attached hydrogens (tertiary/aromatic N) is 5. The SMILES string of the molecule is Cc1ccccc1-c1n[nH]c(=S)n1/N=C\c1sc(N2CCCCC2)nc1Cl. The molecule has 1 aliphatic heterocycles. The molecule has 0 amide bonds. The van der Waals surface area contributed by atoms with Gasteiger partial charge in [0, 0.05) is 18.7 Å². The fraction of sp³-hybridized carbons (Fsp3) is 0.333. The lowest BCUT2D eigenvalue weighted by Crippen LogP contribution is -2.29. The Morgan fingerprint density at radius 2 is 2.04 bits per heavy atom. The van der Waals surface area contributed by atoms with Gasteiger partial charge in [-0.3, -0.25) is 0 Å². The van der Waals surface area contributed by atoms with Crippen molar-refractivity contribution in [3.8, 4) is 11.4 Å². The van der Waals surface area contributed by atoms with Crippen molar-refractivity contribution in [2.45, 2.75) is 26.2 Å². The molecule has 1 N–H and O–H groups in total. The maximum Gasteiger partial charge on any atom is 0.216 e. The minimum atomic E-state index is 0.432. The quantitative estimate of drug-likeness (QED) is 0.483. The topological polar surface area (TPSA) is 62.1 Å². The highest BCUT2D eigenvalue weighted by Gasteiger charge is 2.17. The summed E-state index contributed by atoms with van der Waals surface area (Å²) in [6.07, 6.45) is 5.39. The second kappa shape index (κ2) is 7.92. The van der Waals surface area contributed by atoms with Crippen LogP contribution in [0.2, 0.25) is 5.15 Å². The lowest BCUT2D eigenvalue weighted by molar-refractivity contribution is 0.577. The number of H-pyrrole nitrogens is 1. The molecule has 1 fully saturated rings. The molecule has 3 heterocycles. The van der Waals surface area contributed by atoms with Crippen LogP contribution in [-0.4, -0.2) is 39.2 Å². The summed E-state index contributed by atoms with van der Waals surface area (Å²) in [5.41, 5.74) is 2.08. The molecule has 140 valence electrons. The van der Waals surface area contributed by atoms with Gasteiger partial charge in [0.1, 0.15) is 0 Å². The second-order valence-corrected chi connectivity index (χ2v) is 8.18. The van der Waals surface area contributed by atoms with Crippen molar-refractivity contribution >= 4 is 46.5 Å². The van der Waals surface area contributed by atoms with Crippen LogP contribution >= 0.6 is 35.2 Å². The number of benzene rings is 1. The molecule has 0 radical (unpaired) electrons. The lowest BCUT2D eigenvalue weighted by Gasteiger charge is -2.25. The van der Waals surface area contributed by atoms with Crippen LogP contribution in [0, 0.1) is 11.7 Å². The van der Waals surface area contributed by atoms with E-state index in [1.807, 2.05) is 31.2 Å². The first-order valence-electron chi connectivity index (χ1n) is 8.82. The number of nitrogens with one attached hydrogen (secondary N) is 1. The van der Waals surface area contributed by atoms with Crippen molar-refractivity contribution in [3.05, 3.63) is 44.6 Å². The second-order valence-electron chi connectivity index (χ2n) is 6.42. The molecule has 1 saturated heterocycles. The molecule has 4 rings (SSSR count). The number of thiazole rings is 1. The van der Waals surface area contributed by atoms with Crippen LogP contribution in [0.25, 0.3) is 11.4 Å².